The molecule has 4 unspecified atom stereocenters. The van der Waals surface area contributed by atoms with Gasteiger partial charge >= 0.3 is 0 Å². The van der Waals surface area contributed by atoms with E-state index < -0.39 is 0 Å². The number of carbonyl (C=O) groups excluding carboxylic acids is 2. The monoisotopic (exact) mass is 475 g/mol. The number of likely N-dealkylation sites (tertiary alicyclic amines) is 2. The average Bonchev–Trinajstić information content (AvgIpc) is 3.66. The Morgan fingerprint density at radius 2 is 1.49 bits per heavy atom. The maximum absolute atomic E-state index is 13.3. The first kappa shape index (κ1) is 22.0. The number of hydrogen-bond acceptors (Lipinski definition) is 5. The summed E-state index contributed by atoms with van der Waals surface area (Å²) in [5.74, 6) is 2.88. The topological polar surface area (TPSA) is 66.7 Å². The summed E-state index contributed by atoms with van der Waals surface area (Å²) < 4.78 is 5.57. The number of hydrogen-bond donors (Lipinski definition) is 0. The molecule has 2 aliphatic heterocycles. The van der Waals surface area contributed by atoms with Crippen molar-refractivity contribution < 1.29 is 14.1 Å². The number of para-hydroxylation sites is 1. The van der Waals surface area contributed by atoms with E-state index in [-0.39, 0.29) is 23.7 Å². The van der Waals surface area contributed by atoms with Crippen molar-refractivity contribution in [3.63, 3.8) is 0 Å². The second-order valence-corrected chi connectivity index (χ2v) is 12.1. The van der Waals surface area contributed by atoms with Gasteiger partial charge in [-0.15, -0.1) is 0 Å². The molecule has 35 heavy (non-hydrogen) atoms. The van der Waals surface area contributed by atoms with Crippen molar-refractivity contribution in [2.24, 2.45) is 35.5 Å². The van der Waals surface area contributed by atoms with Crippen LogP contribution in [0.4, 0.5) is 0 Å². The maximum atomic E-state index is 13.3. The molecule has 186 valence electrons. The number of benzene rings is 1. The quantitative estimate of drug-likeness (QED) is 0.579. The zero-order chi connectivity index (χ0) is 23.5. The Hall–Kier alpha value is -2.21. The molecule has 1 aromatic heterocycles. The smallest absolute Gasteiger partial charge is 0.233 e. The summed E-state index contributed by atoms with van der Waals surface area (Å²) in [6, 6.07) is 8.19. The van der Waals surface area contributed by atoms with Crippen molar-refractivity contribution >= 4 is 22.8 Å². The van der Waals surface area contributed by atoms with E-state index in [1.165, 1.54) is 19.3 Å². The molecular formula is C29H37N3O3. The third-order valence-electron chi connectivity index (χ3n) is 10.4. The molecule has 3 heterocycles. The van der Waals surface area contributed by atoms with Crippen molar-refractivity contribution in [1.29, 1.82) is 0 Å². The molecule has 3 saturated carbocycles. The van der Waals surface area contributed by atoms with Crippen LogP contribution >= 0.6 is 0 Å². The van der Waals surface area contributed by atoms with Gasteiger partial charge in [0.2, 0.25) is 11.8 Å². The van der Waals surface area contributed by atoms with E-state index >= 15 is 0 Å². The van der Waals surface area contributed by atoms with Gasteiger partial charge in [-0.3, -0.25) is 14.5 Å². The summed E-state index contributed by atoms with van der Waals surface area (Å²) in [6.07, 6.45) is 10.6. The van der Waals surface area contributed by atoms with Crippen molar-refractivity contribution in [2.45, 2.75) is 63.7 Å². The van der Waals surface area contributed by atoms with Crippen molar-refractivity contribution in [3.8, 4) is 0 Å². The molecule has 3 aliphatic carbocycles. The van der Waals surface area contributed by atoms with Crippen LogP contribution in [0.3, 0.4) is 0 Å². The number of fused-ring (bicyclic) bond motifs is 6. The van der Waals surface area contributed by atoms with E-state index in [1.807, 2.05) is 12.1 Å². The van der Waals surface area contributed by atoms with E-state index in [9.17, 15) is 9.59 Å². The van der Waals surface area contributed by atoms with Gasteiger partial charge in [0.25, 0.3) is 0 Å². The first-order chi connectivity index (χ1) is 17.2. The lowest BCUT2D eigenvalue weighted by atomic mass is 9.78. The number of imide groups is 1. The molecule has 0 N–H and O–H groups in total. The van der Waals surface area contributed by atoms with Crippen molar-refractivity contribution in [3.05, 3.63) is 30.0 Å². The van der Waals surface area contributed by atoms with Crippen molar-refractivity contribution in [2.75, 3.05) is 26.2 Å². The molecule has 5 aliphatic rings. The first-order valence-corrected chi connectivity index (χ1v) is 14.1. The summed E-state index contributed by atoms with van der Waals surface area (Å²) in [5, 5.41) is 5.58. The number of amides is 2. The molecule has 2 amide bonds. The van der Waals surface area contributed by atoms with E-state index in [0.29, 0.717) is 36.1 Å². The highest BCUT2D eigenvalue weighted by atomic mass is 16.5. The summed E-state index contributed by atoms with van der Waals surface area (Å²) in [5.41, 5.74) is 2.01. The second kappa shape index (κ2) is 8.72. The van der Waals surface area contributed by atoms with Crippen LogP contribution in [0.5, 0.6) is 0 Å². The SMILES string of the molecule is O=C1C2C3CCC(C3)C2C(=O)N1C[C@@H]1CCCC[C@H]1CN1CCC(c2noc3ccccc23)CC1. The fourth-order valence-electron chi connectivity index (χ4n) is 8.57. The molecule has 0 radical (unpaired) electrons. The lowest BCUT2D eigenvalue weighted by Gasteiger charge is -2.39. The Morgan fingerprint density at radius 3 is 2.20 bits per heavy atom. The second-order valence-electron chi connectivity index (χ2n) is 12.1. The molecule has 0 spiro atoms. The number of aromatic nitrogens is 1. The molecule has 6 nitrogen and oxygen atoms in total. The molecule has 2 bridgehead atoms. The number of rotatable bonds is 5. The van der Waals surface area contributed by atoms with Crippen molar-refractivity contribution in [1.82, 2.24) is 15.0 Å². The highest BCUT2D eigenvalue weighted by Gasteiger charge is 2.61. The van der Waals surface area contributed by atoms with Crippen LogP contribution in [0.15, 0.2) is 28.8 Å². The van der Waals surface area contributed by atoms with Gasteiger partial charge < -0.3 is 9.42 Å². The van der Waals surface area contributed by atoms with Gasteiger partial charge in [-0.1, -0.05) is 30.1 Å². The van der Waals surface area contributed by atoms with Crippen LogP contribution in [0.1, 0.15) is 69.4 Å². The Morgan fingerprint density at radius 1 is 0.829 bits per heavy atom. The molecule has 2 saturated heterocycles. The van der Waals surface area contributed by atoms with E-state index in [0.717, 1.165) is 74.8 Å². The van der Waals surface area contributed by atoms with Gasteiger partial charge in [-0.25, -0.2) is 0 Å². The van der Waals surface area contributed by atoms with E-state index in [1.54, 1.807) is 4.90 Å². The third-order valence-corrected chi connectivity index (χ3v) is 10.4. The molecule has 7 rings (SSSR count). The van der Waals surface area contributed by atoms with Crippen LogP contribution in [-0.4, -0.2) is 52.9 Å². The lowest BCUT2D eigenvalue weighted by Crippen LogP contribution is -2.44. The Balaban J connectivity index is 0.986. The van der Waals surface area contributed by atoms with Gasteiger partial charge in [0.05, 0.1) is 17.5 Å². The summed E-state index contributed by atoms with van der Waals surface area (Å²) in [7, 11) is 0. The van der Waals surface area contributed by atoms with Crippen LogP contribution in [0, 0.1) is 35.5 Å². The molecule has 2 aromatic rings. The predicted octanol–water partition coefficient (Wildman–Crippen LogP) is 4.84. The van der Waals surface area contributed by atoms with Gasteiger partial charge in [0.1, 0.15) is 0 Å². The van der Waals surface area contributed by atoms with Crippen LogP contribution < -0.4 is 0 Å². The zero-order valence-electron chi connectivity index (χ0n) is 20.6. The van der Waals surface area contributed by atoms with Gasteiger partial charge in [0.15, 0.2) is 5.58 Å². The lowest BCUT2D eigenvalue weighted by molar-refractivity contribution is -0.142. The minimum Gasteiger partial charge on any atom is -0.356 e. The first-order valence-electron chi connectivity index (χ1n) is 14.1. The Bertz CT molecular complexity index is 1090. The Labute approximate surface area is 207 Å². The molecule has 6 atom stereocenters. The molecular weight excluding hydrogens is 438 g/mol. The number of piperidine rings is 1. The molecule has 5 fully saturated rings. The highest BCUT2D eigenvalue weighted by molar-refractivity contribution is 6.06. The largest absolute Gasteiger partial charge is 0.356 e. The average molecular weight is 476 g/mol. The van der Waals surface area contributed by atoms with Crippen LogP contribution in [-0.2, 0) is 9.59 Å². The number of nitrogens with zero attached hydrogens (tertiary/aromatic N) is 3. The summed E-state index contributed by atoms with van der Waals surface area (Å²) in [4.78, 5) is 30.9. The standard InChI is InChI=1S/C29H37N3O3/c33-28-25-19-9-10-20(15-19)26(25)29(34)32(28)17-22-6-2-1-5-21(22)16-31-13-11-18(12-14-31)27-23-7-3-4-8-24(23)35-30-27/h3-4,7-8,18-22,25-26H,1-2,5-6,9-17H2/t19?,20?,21-,22-,25?,26?/m0/s1. The molecule has 1 aromatic carbocycles. The van der Waals surface area contributed by atoms with Crippen LogP contribution in [0.2, 0.25) is 0 Å². The number of carbonyl (C=O) groups is 2. The minimum absolute atomic E-state index is 0.0231. The van der Waals surface area contributed by atoms with Crippen LogP contribution in [0.25, 0.3) is 11.0 Å². The normalized spacial score (nSPS) is 35.9. The molecule has 6 heteroatoms. The third kappa shape index (κ3) is 3.66. The summed E-state index contributed by atoms with van der Waals surface area (Å²) >= 11 is 0. The minimum atomic E-state index is 0.0231. The highest BCUT2D eigenvalue weighted by Crippen LogP contribution is 2.56. The van der Waals surface area contributed by atoms with Gasteiger partial charge in [-0.2, -0.15) is 0 Å². The maximum Gasteiger partial charge on any atom is 0.233 e. The van der Waals surface area contributed by atoms with E-state index in [4.69, 9.17) is 4.52 Å². The summed E-state index contributed by atoms with van der Waals surface area (Å²) in [6.45, 7) is 3.95. The predicted molar refractivity (Wildman–Crippen MR) is 132 cm³/mol. The Kier molecular flexibility index (Phi) is 5.49. The van der Waals surface area contributed by atoms with Gasteiger partial charge in [0, 0.05) is 24.4 Å². The zero-order valence-corrected chi connectivity index (χ0v) is 20.6. The van der Waals surface area contributed by atoms with Gasteiger partial charge in [-0.05, 0) is 93.8 Å². The fourth-order valence-corrected chi connectivity index (χ4v) is 8.57. The fraction of sp³-hybridized carbons (Fsp3) is 0.690. The van der Waals surface area contributed by atoms with E-state index in [2.05, 4.69) is 22.2 Å².